The summed E-state index contributed by atoms with van der Waals surface area (Å²) in [6.07, 6.45) is 78.8. The molecule has 0 bridgehead atoms. The fraction of sp³-hybridized carbons (Fsp3) is 0.943. The maximum atomic E-state index is 4.50. The van der Waals surface area contributed by atoms with E-state index >= 15 is 0 Å². The first-order valence-corrected chi connectivity index (χ1v) is 48.2. The Labute approximate surface area is 714 Å². The van der Waals surface area contributed by atoms with E-state index in [1.165, 1.54) is 290 Å². The second-order valence-electron chi connectivity index (χ2n) is 35.3. The zero-order chi connectivity index (χ0) is 73.7. The van der Waals surface area contributed by atoms with Crippen LogP contribution in [0.5, 0.6) is 0 Å². The van der Waals surface area contributed by atoms with Crippen LogP contribution in [0.25, 0.3) is 0 Å². The summed E-state index contributed by atoms with van der Waals surface area (Å²) in [4.78, 5) is 4.51. The third-order valence-electron chi connectivity index (χ3n) is 24.6. The van der Waals surface area contributed by atoms with Gasteiger partial charge in [-0.1, -0.05) is 393 Å². The number of thioether (sulfide) groups is 2. The summed E-state index contributed by atoms with van der Waals surface area (Å²) < 4.78 is 1.21. The van der Waals surface area contributed by atoms with Crippen LogP contribution in [0.3, 0.4) is 0 Å². The van der Waals surface area contributed by atoms with Crippen LogP contribution in [-0.4, -0.2) is 183 Å². The number of unbranched alkanes of at least 4 members (excludes halogenated alkanes) is 2. The second-order valence-corrected chi connectivity index (χ2v) is 38.8. The standard InChI is InChI=1S/C25H51BNS.C21H42BNS.C15H27B.C13H24.C6H15NS.C4H9Br.C3H5.B3.2BrH.Mg/c1-5-6-19-27(3,4)21-23(2)22-28-20-13-18-26(24-14-9-7-10-15-24)25-16-11-8-12-17-25;1-19(17-23(2)3)18-24-16-10-15-22(20-11-6-4-7-12-20)21-13-8-5-9-14-21;1-2-13-16(14-9-5-3-6-10-14)15-11-7-4-8-12-15;1-3-7-12(8-4-1)11-13-9-5-2-6-10-13;1-6(5-8)4-7(2)3;1-2-3-4-5;2*1-3-2;;;/h23-25H,5-22H2,1-4H3;19-21H,4-18H2,1-3H3;2,14-15H,1,3-13H2;12-13H,1-11H2;6,8H,4-5H2,1-3H3;2-4H2,1H3;3H,1-2H2;;2*1H;/q+1;;;;;;-1;;;;+2/p-2. The minimum Gasteiger partial charge on any atom is -1.00 e. The number of alkyl halides is 1. The number of hydrogen-bond donors (Lipinski definition) is 1. The van der Waals surface area contributed by atoms with Gasteiger partial charge in [0.25, 0.3) is 0 Å². The number of halogens is 3. The van der Waals surface area contributed by atoms with Gasteiger partial charge in [-0.2, -0.15) is 36.2 Å². The number of allylic oxidation sites excluding steroid dienone is 2. The van der Waals surface area contributed by atoms with E-state index < -0.39 is 0 Å². The Morgan fingerprint density at radius 3 is 1.03 bits per heavy atom. The van der Waals surface area contributed by atoms with Crippen molar-refractivity contribution in [2.24, 2.45) is 29.6 Å². The molecule has 0 spiro atoms. The van der Waals surface area contributed by atoms with Crippen molar-refractivity contribution in [1.82, 2.24) is 9.80 Å². The van der Waals surface area contributed by atoms with Crippen molar-refractivity contribution >= 4 is 118 Å². The van der Waals surface area contributed by atoms with Gasteiger partial charge in [-0.3, -0.25) is 0 Å². The fourth-order valence-electron chi connectivity index (χ4n) is 19.8. The molecule has 0 saturated heterocycles. The van der Waals surface area contributed by atoms with Crippen molar-refractivity contribution in [3.63, 3.8) is 0 Å². The molecule has 16 heteroatoms. The van der Waals surface area contributed by atoms with E-state index in [4.69, 9.17) is 0 Å². The molecule has 0 aromatic rings. The molecule has 0 aromatic carbocycles. The van der Waals surface area contributed by atoms with Crippen LogP contribution >= 0.6 is 52.1 Å². The zero-order valence-corrected chi connectivity index (χ0v) is 79.7. The third-order valence-corrected chi connectivity index (χ3v) is 28.6. The van der Waals surface area contributed by atoms with E-state index in [1.807, 2.05) is 0 Å². The van der Waals surface area contributed by atoms with Gasteiger partial charge in [-0.05, 0) is 94.1 Å². The van der Waals surface area contributed by atoms with Gasteiger partial charge in [-0.15, -0.1) is 6.58 Å². The third kappa shape index (κ3) is 60.1. The molecule has 3 unspecified atom stereocenters. The quantitative estimate of drug-likeness (QED) is 0.0130. The van der Waals surface area contributed by atoms with Crippen LogP contribution in [0, 0.1) is 36.5 Å². The van der Waals surface area contributed by atoms with Crippen molar-refractivity contribution < 1.29 is 38.4 Å². The molecule has 595 valence electrons. The van der Waals surface area contributed by atoms with E-state index in [2.05, 4.69) is 180 Å². The Morgan fingerprint density at radius 1 is 0.495 bits per heavy atom. The molecule has 8 fully saturated rings. The molecule has 5 radical (unpaired) electrons. The average molecular weight is 1690 g/mol. The van der Waals surface area contributed by atoms with Gasteiger partial charge >= 0.3 is 23.1 Å². The Balaban J connectivity index is -0.00000121. The van der Waals surface area contributed by atoms with E-state index in [0.29, 0.717) is 5.92 Å². The van der Waals surface area contributed by atoms with E-state index in [9.17, 15) is 0 Å². The minimum absolute atomic E-state index is 0. The summed E-state index contributed by atoms with van der Waals surface area (Å²) >= 11 is 11.9. The van der Waals surface area contributed by atoms with Crippen LogP contribution in [0.4, 0.5) is 0 Å². The van der Waals surface area contributed by atoms with Crippen LogP contribution < -0.4 is 34.0 Å². The van der Waals surface area contributed by atoms with Crippen molar-refractivity contribution in [1.29, 1.82) is 0 Å². The fourth-order valence-corrected chi connectivity index (χ4v) is 22.6. The SMILES string of the molecule is C1CCC(CC2CCCCC2)CC1.C=CCB(C1CCCCC1)C1CCCCC1.C=C[CH2-].CC(CS)CN(C)C.CC(CSCCCB(C1CCCCC1)C1CCCCC1)CN(C)C.CCCCBr.CCCC[N+](C)(C)CC(C)CSCCCB(C1CCCCC1)C1CCCCC1.[B][B][B].[Br-].[Br-].[Mg+2]. The topological polar surface area (TPSA) is 6.48 Å². The minimum atomic E-state index is 0. The van der Waals surface area contributed by atoms with E-state index in [1.54, 1.807) is 83.5 Å². The van der Waals surface area contributed by atoms with Crippen LogP contribution in [0.15, 0.2) is 25.3 Å². The van der Waals surface area contributed by atoms with Crippen molar-refractivity contribution in [3.8, 4) is 0 Å². The molecule has 0 amide bonds. The molecule has 0 heterocycles. The molecular formula is C87H173B6Br3MgN3S3. The van der Waals surface area contributed by atoms with Gasteiger partial charge in [0, 0.05) is 52.6 Å². The normalized spacial score (nSPS) is 19.9. The molecule has 8 aliphatic rings. The summed E-state index contributed by atoms with van der Waals surface area (Å²) in [5, 5.41) is 1.16. The molecule has 8 aliphatic carbocycles. The van der Waals surface area contributed by atoms with Gasteiger partial charge in [0.2, 0.25) is 0 Å². The molecule has 0 aromatic heterocycles. The van der Waals surface area contributed by atoms with Crippen molar-refractivity contribution in [2.45, 2.75) is 390 Å². The smallest absolute Gasteiger partial charge is 1.00 e. The molecule has 103 heavy (non-hydrogen) atoms. The van der Waals surface area contributed by atoms with Gasteiger partial charge in [0.15, 0.2) is 0 Å². The predicted octanol–water partition coefficient (Wildman–Crippen LogP) is 20.9. The van der Waals surface area contributed by atoms with E-state index in [-0.39, 0.29) is 57.0 Å². The first-order chi connectivity index (χ1) is 48.5. The Hall–Kier alpha value is 2.88. The Bertz CT molecular complexity index is 1670. The Morgan fingerprint density at radius 2 is 0.777 bits per heavy atom. The molecule has 0 aliphatic heterocycles. The Kier molecular flexibility index (Phi) is 81.4. The van der Waals surface area contributed by atoms with Crippen molar-refractivity contribution in [2.75, 3.05) is 103 Å². The number of thiol groups is 1. The maximum Gasteiger partial charge on any atom is 2.00 e. The number of rotatable bonds is 34. The van der Waals surface area contributed by atoms with Crippen LogP contribution in [0.2, 0.25) is 53.9 Å². The first kappa shape index (κ1) is 110. The molecule has 3 atom stereocenters. The van der Waals surface area contributed by atoms with Crippen LogP contribution in [0.1, 0.15) is 336 Å². The molecular weight excluding hydrogens is 1510 g/mol. The zero-order valence-electron chi connectivity index (χ0n) is 71.0. The van der Waals surface area contributed by atoms with Crippen LogP contribution in [-0.2, 0) is 0 Å². The van der Waals surface area contributed by atoms with Crippen molar-refractivity contribution in [3.05, 3.63) is 32.2 Å². The number of nitrogens with zero attached hydrogens (tertiary/aromatic N) is 3. The largest absolute Gasteiger partial charge is 2.00 e. The molecule has 3 nitrogen and oxygen atoms in total. The summed E-state index contributed by atoms with van der Waals surface area (Å²) in [5.41, 5.74) is 0. The molecule has 0 N–H and O–H groups in total. The molecule has 8 saturated carbocycles. The number of quaternary nitrogens is 1. The maximum absolute atomic E-state index is 4.50. The summed E-state index contributed by atoms with van der Waals surface area (Å²) in [7, 11) is 23.4. The summed E-state index contributed by atoms with van der Waals surface area (Å²) in [6, 6.07) is 0. The van der Waals surface area contributed by atoms with E-state index in [0.717, 1.165) is 103 Å². The summed E-state index contributed by atoms with van der Waals surface area (Å²) in [6.45, 7) is 30.3. The van der Waals surface area contributed by atoms with Gasteiger partial charge in [0.1, 0.15) is 20.1 Å². The molecule has 8 rings (SSSR count). The predicted molar refractivity (Wildman–Crippen MR) is 487 cm³/mol. The van der Waals surface area contributed by atoms with Gasteiger partial charge < -0.3 is 48.2 Å². The average Bonchev–Trinajstić information content (AvgIpc) is 0.869. The summed E-state index contributed by atoms with van der Waals surface area (Å²) in [5.74, 6) is 17.5. The monoisotopic (exact) mass is 1680 g/mol. The number of hydrogen-bond acceptors (Lipinski definition) is 5. The first-order valence-electron chi connectivity index (χ1n) is 44.2. The van der Waals surface area contributed by atoms with Gasteiger partial charge in [-0.25, -0.2) is 19.6 Å². The second kappa shape index (κ2) is 76.2. The van der Waals surface area contributed by atoms with Gasteiger partial charge in [0.05, 0.1) is 27.2 Å².